The summed E-state index contributed by atoms with van der Waals surface area (Å²) < 4.78 is 0. The fraction of sp³-hybridized carbons (Fsp3) is 0.714. The summed E-state index contributed by atoms with van der Waals surface area (Å²) in [5.74, 6) is -0.255. The molecular weight excluding hydrogens is 258 g/mol. The van der Waals surface area contributed by atoms with Gasteiger partial charge in [-0.25, -0.2) is 4.98 Å². The number of nitrogens with two attached hydrogens (primary N) is 1. The smallest absolute Gasteiger partial charge is 0.224 e. The number of hydrogen-bond acceptors (Lipinski definition) is 4. The van der Waals surface area contributed by atoms with Crippen LogP contribution >= 0.6 is 11.3 Å². The van der Waals surface area contributed by atoms with E-state index in [2.05, 4.69) is 17.2 Å². The van der Waals surface area contributed by atoms with E-state index in [1.165, 1.54) is 15.6 Å². The van der Waals surface area contributed by atoms with Crippen molar-refractivity contribution in [3.05, 3.63) is 15.6 Å². The Labute approximate surface area is 118 Å². The summed E-state index contributed by atoms with van der Waals surface area (Å²) in [6.07, 6.45) is 4.36. The van der Waals surface area contributed by atoms with Crippen LogP contribution in [-0.2, 0) is 17.6 Å². The SMILES string of the molecule is CCc1nc2c(s1)C(NCC(C)(C)C(N)=O)CCC2. The fourth-order valence-corrected chi connectivity index (χ4v) is 3.44. The molecule has 2 rings (SSSR count). The molecule has 19 heavy (non-hydrogen) atoms. The molecule has 1 aromatic heterocycles. The summed E-state index contributed by atoms with van der Waals surface area (Å²) in [5, 5.41) is 4.72. The molecule has 1 aromatic rings. The van der Waals surface area contributed by atoms with Gasteiger partial charge in [0.1, 0.15) is 0 Å². The number of fused-ring (bicyclic) bond motifs is 1. The van der Waals surface area contributed by atoms with Crippen molar-refractivity contribution in [2.45, 2.75) is 52.5 Å². The van der Waals surface area contributed by atoms with Gasteiger partial charge in [0.2, 0.25) is 5.91 Å². The zero-order chi connectivity index (χ0) is 14.0. The maximum atomic E-state index is 11.4. The van der Waals surface area contributed by atoms with Gasteiger partial charge in [-0.3, -0.25) is 4.79 Å². The molecule has 0 saturated carbocycles. The van der Waals surface area contributed by atoms with E-state index in [1.54, 1.807) is 0 Å². The molecule has 0 aliphatic heterocycles. The molecule has 0 fully saturated rings. The normalized spacial score (nSPS) is 19.2. The van der Waals surface area contributed by atoms with Gasteiger partial charge >= 0.3 is 0 Å². The summed E-state index contributed by atoms with van der Waals surface area (Å²) in [4.78, 5) is 17.4. The second-order valence-corrected chi connectivity index (χ2v) is 6.96. The Morgan fingerprint density at radius 2 is 2.32 bits per heavy atom. The van der Waals surface area contributed by atoms with Gasteiger partial charge in [-0.15, -0.1) is 11.3 Å². The van der Waals surface area contributed by atoms with E-state index in [4.69, 9.17) is 5.73 Å². The van der Waals surface area contributed by atoms with Gasteiger partial charge in [-0.2, -0.15) is 0 Å². The van der Waals surface area contributed by atoms with Gasteiger partial charge in [-0.05, 0) is 39.5 Å². The molecule has 1 heterocycles. The quantitative estimate of drug-likeness (QED) is 0.869. The summed E-state index contributed by atoms with van der Waals surface area (Å²) in [6.45, 7) is 6.53. The molecule has 1 unspecified atom stereocenters. The van der Waals surface area contributed by atoms with E-state index in [0.717, 1.165) is 25.7 Å². The fourth-order valence-electron chi connectivity index (χ4n) is 2.28. The lowest BCUT2D eigenvalue weighted by atomic mass is 9.91. The number of rotatable bonds is 5. The van der Waals surface area contributed by atoms with E-state index in [1.807, 2.05) is 25.2 Å². The van der Waals surface area contributed by atoms with Crippen LogP contribution in [0.2, 0.25) is 0 Å². The molecule has 3 N–H and O–H groups in total. The second-order valence-electron chi connectivity index (χ2n) is 5.85. The first-order chi connectivity index (χ1) is 8.94. The highest BCUT2D eigenvalue weighted by Crippen LogP contribution is 2.34. The van der Waals surface area contributed by atoms with Crippen LogP contribution < -0.4 is 11.1 Å². The van der Waals surface area contributed by atoms with Gasteiger partial charge in [-0.1, -0.05) is 6.92 Å². The zero-order valence-corrected chi connectivity index (χ0v) is 12.8. The lowest BCUT2D eigenvalue weighted by molar-refractivity contribution is -0.125. The highest BCUT2D eigenvalue weighted by Gasteiger charge is 2.29. The average Bonchev–Trinajstić information content (AvgIpc) is 2.79. The Bertz CT molecular complexity index is 467. The number of nitrogens with zero attached hydrogens (tertiary/aromatic N) is 1. The molecule has 0 radical (unpaired) electrons. The number of amides is 1. The van der Waals surface area contributed by atoms with Crippen molar-refractivity contribution in [2.75, 3.05) is 6.54 Å². The van der Waals surface area contributed by atoms with Gasteiger partial charge in [0, 0.05) is 17.5 Å². The molecule has 0 aromatic carbocycles. The van der Waals surface area contributed by atoms with Crippen molar-refractivity contribution in [3.8, 4) is 0 Å². The van der Waals surface area contributed by atoms with Crippen LogP contribution in [0, 0.1) is 5.41 Å². The number of carbonyl (C=O) groups is 1. The van der Waals surface area contributed by atoms with Crippen molar-refractivity contribution in [1.29, 1.82) is 0 Å². The summed E-state index contributed by atoms with van der Waals surface area (Å²) in [7, 11) is 0. The minimum atomic E-state index is -0.504. The summed E-state index contributed by atoms with van der Waals surface area (Å²) in [5.41, 5.74) is 6.17. The Balaban J connectivity index is 2.07. The molecule has 1 aliphatic rings. The number of hydrogen-bond donors (Lipinski definition) is 2. The second kappa shape index (κ2) is 5.59. The van der Waals surface area contributed by atoms with Crippen molar-refractivity contribution in [2.24, 2.45) is 11.1 Å². The Hall–Kier alpha value is -0.940. The number of primary amides is 1. The number of carbonyl (C=O) groups excluding carboxylic acids is 1. The highest BCUT2D eigenvalue weighted by molar-refractivity contribution is 7.11. The molecule has 0 saturated heterocycles. The molecule has 1 amide bonds. The maximum absolute atomic E-state index is 11.4. The lowest BCUT2D eigenvalue weighted by Crippen LogP contribution is -2.41. The monoisotopic (exact) mass is 281 g/mol. The molecule has 5 heteroatoms. The van der Waals surface area contributed by atoms with Crippen LogP contribution in [0.1, 0.15) is 55.2 Å². The molecule has 4 nitrogen and oxygen atoms in total. The first-order valence-electron chi connectivity index (χ1n) is 6.96. The third kappa shape index (κ3) is 3.15. The van der Waals surface area contributed by atoms with Crippen LogP contribution in [0.5, 0.6) is 0 Å². The molecule has 1 aliphatic carbocycles. The molecular formula is C14H23N3OS. The van der Waals surface area contributed by atoms with Gasteiger partial charge in [0.25, 0.3) is 0 Å². The number of aromatic nitrogens is 1. The Morgan fingerprint density at radius 3 is 2.95 bits per heavy atom. The van der Waals surface area contributed by atoms with Gasteiger partial charge in [0.05, 0.1) is 16.1 Å². The lowest BCUT2D eigenvalue weighted by Gasteiger charge is -2.27. The Morgan fingerprint density at radius 1 is 1.58 bits per heavy atom. The Kier molecular flexibility index (Phi) is 4.26. The van der Waals surface area contributed by atoms with Crippen LogP contribution in [0.25, 0.3) is 0 Å². The maximum Gasteiger partial charge on any atom is 0.224 e. The summed E-state index contributed by atoms with van der Waals surface area (Å²) in [6, 6.07) is 0.333. The van der Waals surface area contributed by atoms with Crippen LogP contribution in [0.3, 0.4) is 0 Å². The highest BCUT2D eigenvalue weighted by atomic mass is 32.1. The van der Waals surface area contributed by atoms with Crippen LogP contribution in [0.15, 0.2) is 0 Å². The molecule has 1 atom stereocenters. The predicted octanol–water partition coefficient (Wildman–Crippen LogP) is 2.18. The van der Waals surface area contributed by atoms with Crippen molar-refractivity contribution in [3.63, 3.8) is 0 Å². The van der Waals surface area contributed by atoms with Gasteiger partial charge in [0.15, 0.2) is 0 Å². The predicted molar refractivity (Wildman–Crippen MR) is 78.1 cm³/mol. The largest absolute Gasteiger partial charge is 0.369 e. The van der Waals surface area contributed by atoms with Crippen molar-refractivity contribution in [1.82, 2.24) is 10.3 Å². The first kappa shape index (κ1) is 14.5. The first-order valence-corrected chi connectivity index (χ1v) is 7.77. The van der Waals surface area contributed by atoms with E-state index < -0.39 is 5.41 Å². The third-order valence-electron chi connectivity index (χ3n) is 3.75. The van der Waals surface area contributed by atoms with E-state index in [-0.39, 0.29) is 5.91 Å². The average molecular weight is 281 g/mol. The van der Waals surface area contributed by atoms with Gasteiger partial charge < -0.3 is 11.1 Å². The van der Waals surface area contributed by atoms with E-state index in [0.29, 0.717) is 12.6 Å². The third-order valence-corrected chi connectivity index (χ3v) is 5.11. The standard InChI is InChI=1S/C14H23N3OS/c1-4-11-17-10-7-5-6-9(12(10)19-11)16-8-14(2,3)13(15)18/h9,16H,4-8H2,1-3H3,(H2,15,18). The van der Waals surface area contributed by atoms with Crippen LogP contribution in [-0.4, -0.2) is 17.4 Å². The van der Waals surface area contributed by atoms with E-state index in [9.17, 15) is 4.79 Å². The molecule has 0 bridgehead atoms. The number of aryl methyl sites for hydroxylation is 2. The zero-order valence-electron chi connectivity index (χ0n) is 12.0. The molecule has 106 valence electrons. The van der Waals surface area contributed by atoms with Crippen molar-refractivity contribution >= 4 is 17.2 Å². The minimum Gasteiger partial charge on any atom is -0.369 e. The minimum absolute atomic E-state index is 0.255. The van der Waals surface area contributed by atoms with Crippen molar-refractivity contribution < 1.29 is 4.79 Å². The number of nitrogens with one attached hydrogen (secondary N) is 1. The van der Waals surface area contributed by atoms with E-state index >= 15 is 0 Å². The van der Waals surface area contributed by atoms with Crippen LogP contribution in [0.4, 0.5) is 0 Å². The summed E-state index contributed by atoms with van der Waals surface area (Å²) >= 11 is 1.81. The number of thiazole rings is 1. The topological polar surface area (TPSA) is 68.0 Å². The molecule has 0 spiro atoms.